The average Bonchev–Trinajstić information content (AvgIpc) is 2.48. The number of carbonyl (C=O) groups excluding carboxylic acids is 2. The highest BCUT2D eigenvalue weighted by atomic mass is 19.1. The van der Waals surface area contributed by atoms with E-state index in [0.717, 1.165) is 12.0 Å². The van der Waals surface area contributed by atoms with Gasteiger partial charge in [-0.05, 0) is 37.0 Å². The van der Waals surface area contributed by atoms with E-state index in [1.165, 1.54) is 12.1 Å². The van der Waals surface area contributed by atoms with E-state index in [4.69, 9.17) is 0 Å². The fourth-order valence-electron chi connectivity index (χ4n) is 2.14. The van der Waals surface area contributed by atoms with Gasteiger partial charge in [0.15, 0.2) is 0 Å². The predicted octanol–water partition coefficient (Wildman–Crippen LogP) is 2.74. The number of urea groups is 1. The summed E-state index contributed by atoms with van der Waals surface area (Å²) in [5.74, 6) is -0.489. The summed E-state index contributed by atoms with van der Waals surface area (Å²) in [6.07, 6.45) is 0.792. The first-order valence-corrected chi connectivity index (χ1v) is 7.92. The maximum atomic E-state index is 13.0. The SMILES string of the molecule is CC[C@@H](C)NC(=O)NC(=O)CN[C@H](c1ccc(F)cc1)C(C)C. The van der Waals surface area contributed by atoms with E-state index in [1.807, 2.05) is 27.7 Å². The molecule has 3 N–H and O–H groups in total. The number of amides is 3. The number of hydrogen-bond donors (Lipinski definition) is 3. The van der Waals surface area contributed by atoms with Crippen molar-refractivity contribution in [3.63, 3.8) is 0 Å². The van der Waals surface area contributed by atoms with Crippen LogP contribution in [-0.2, 0) is 4.79 Å². The molecule has 0 aliphatic heterocycles. The Morgan fingerprint density at radius 1 is 1.13 bits per heavy atom. The van der Waals surface area contributed by atoms with Gasteiger partial charge in [0.1, 0.15) is 5.82 Å². The van der Waals surface area contributed by atoms with Gasteiger partial charge in [0, 0.05) is 12.1 Å². The molecule has 0 aromatic heterocycles. The molecule has 0 heterocycles. The highest BCUT2D eigenvalue weighted by molar-refractivity contribution is 5.95. The zero-order valence-electron chi connectivity index (χ0n) is 14.2. The molecule has 0 unspecified atom stereocenters. The van der Waals surface area contributed by atoms with Gasteiger partial charge in [-0.3, -0.25) is 10.1 Å². The maximum absolute atomic E-state index is 13.0. The zero-order chi connectivity index (χ0) is 17.4. The highest BCUT2D eigenvalue weighted by Gasteiger charge is 2.17. The molecule has 0 spiro atoms. The lowest BCUT2D eigenvalue weighted by atomic mass is 9.96. The first-order chi connectivity index (χ1) is 10.8. The molecule has 0 aliphatic carbocycles. The van der Waals surface area contributed by atoms with Crippen LogP contribution in [0.4, 0.5) is 9.18 Å². The van der Waals surface area contributed by atoms with Crippen LogP contribution in [0.3, 0.4) is 0 Å². The van der Waals surface area contributed by atoms with Crippen molar-refractivity contribution in [2.45, 2.75) is 46.2 Å². The Balaban J connectivity index is 2.54. The van der Waals surface area contributed by atoms with Gasteiger partial charge >= 0.3 is 6.03 Å². The molecular formula is C17H26FN3O2. The van der Waals surface area contributed by atoms with Gasteiger partial charge in [-0.2, -0.15) is 0 Å². The molecule has 0 aliphatic rings. The number of rotatable bonds is 7. The second-order valence-electron chi connectivity index (χ2n) is 5.99. The molecular weight excluding hydrogens is 297 g/mol. The number of carbonyl (C=O) groups is 2. The summed E-state index contributed by atoms with van der Waals surface area (Å²) in [6.45, 7) is 7.84. The summed E-state index contributed by atoms with van der Waals surface area (Å²) in [4.78, 5) is 23.4. The van der Waals surface area contributed by atoms with E-state index in [1.54, 1.807) is 12.1 Å². The third kappa shape index (κ3) is 6.78. The first-order valence-electron chi connectivity index (χ1n) is 7.92. The number of halogens is 1. The molecule has 0 bridgehead atoms. The average molecular weight is 323 g/mol. The zero-order valence-corrected chi connectivity index (χ0v) is 14.2. The second-order valence-corrected chi connectivity index (χ2v) is 5.99. The standard InChI is InChI=1S/C17H26FN3O2/c1-5-12(4)20-17(23)21-15(22)10-19-16(11(2)3)13-6-8-14(18)9-7-13/h6-9,11-12,16,19H,5,10H2,1-4H3,(H2,20,21,22,23)/t12-,16+/m1/s1. The monoisotopic (exact) mass is 323 g/mol. The summed E-state index contributed by atoms with van der Waals surface area (Å²) < 4.78 is 13.0. The third-order valence-electron chi connectivity index (χ3n) is 3.62. The number of benzene rings is 1. The van der Waals surface area contributed by atoms with E-state index in [-0.39, 0.29) is 30.4 Å². The molecule has 128 valence electrons. The van der Waals surface area contributed by atoms with Crippen LogP contribution in [0.5, 0.6) is 0 Å². The van der Waals surface area contributed by atoms with Gasteiger partial charge in [-0.15, -0.1) is 0 Å². The van der Waals surface area contributed by atoms with E-state index in [9.17, 15) is 14.0 Å². The second kappa shape index (κ2) is 9.25. The number of hydrogen-bond acceptors (Lipinski definition) is 3. The van der Waals surface area contributed by atoms with Crippen molar-refractivity contribution in [2.75, 3.05) is 6.54 Å². The molecule has 1 aromatic carbocycles. The summed E-state index contributed by atoms with van der Waals surface area (Å²) in [6, 6.07) is 5.60. The number of nitrogens with one attached hydrogen (secondary N) is 3. The van der Waals surface area contributed by atoms with Crippen molar-refractivity contribution in [2.24, 2.45) is 5.92 Å². The fraction of sp³-hybridized carbons (Fsp3) is 0.529. The summed E-state index contributed by atoms with van der Waals surface area (Å²) >= 11 is 0. The summed E-state index contributed by atoms with van der Waals surface area (Å²) in [7, 11) is 0. The Morgan fingerprint density at radius 2 is 1.74 bits per heavy atom. The molecule has 0 saturated carbocycles. The quantitative estimate of drug-likeness (QED) is 0.722. The molecule has 23 heavy (non-hydrogen) atoms. The molecule has 6 heteroatoms. The van der Waals surface area contributed by atoms with Gasteiger partial charge in [-0.25, -0.2) is 9.18 Å². The molecule has 3 amide bonds. The van der Waals surface area contributed by atoms with Crippen LogP contribution >= 0.6 is 0 Å². The van der Waals surface area contributed by atoms with Crippen molar-refractivity contribution in [1.82, 2.24) is 16.0 Å². The van der Waals surface area contributed by atoms with Crippen LogP contribution in [0.15, 0.2) is 24.3 Å². The Kier molecular flexibility index (Phi) is 7.68. The van der Waals surface area contributed by atoms with Gasteiger partial charge in [0.2, 0.25) is 5.91 Å². The third-order valence-corrected chi connectivity index (χ3v) is 3.62. The lowest BCUT2D eigenvalue weighted by Crippen LogP contribution is -2.46. The fourth-order valence-corrected chi connectivity index (χ4v) is 2.14. The van der Waals surface area contributed by atoms with Crippen LogP contribution in [0.2, 0.25) is 0 Å². The van der Waals surface area contributed by atoms with Crippen LogP contribution < -0.4 is 16.0 Å². The normalized spacial score (nSPS) is 13.5. The van der Waals surface area contributed by atoms with Crippen molar-refractivity contribution in [3.8, 4) is 0 Å². The largest absolute Gasteiger partial charge is 0.335 e. The minimum absolute atomic E-state index is 0.00808. The van der Waals surface area contributed by atoms with Crippen molar-refractivity contribution in [3.05, 3.63) is 35.6 Å². The van der Waals surface area contributed by atoms with Crippen LogP contribution in [-0.4, -0.2) is 24.5 Å². The maximum Gasteiger partial charge on any atom is 0.321 e. The Labute approximate surface area is 137 Å². The minimum atomic E-state index is -0.492. The van der Waals surface area contributed by atoms with Crippen molar-refractivity contribution < 1.29 is 14.0 Å². The Morgan fingerprint density at radius 3 is 2.26 bits per heavy atom. The number of imide groups is 1. The first kappa shape index (κ1) is 19.1. The van der Waals surface area contributed by atoms with Gasteiger partial charge < -0.3 is 10.6 Å². The Hall–Kier alpha value is -1.95. The van der Waals surface area contributed by atoms with Crippen LogP contribution in [0.1, 0.15) is 45.7 Å². The van der Waals surface area contributed by atoms with Crippen molar-refractivity contribution in [1.29, 1.82) is 0 Å². The van der Waals surface area contributed by atoms with Crippen LogP contribution in [0, 0.1) is 11.7 Å². The molecule has 5 nitrogen and oxygen atoms in total. The lowest BCUT2D eigenvalue weighted by molar-refractivity contribution is -0.119. The van der Waals surface area contributed by atoms with E-state index < -0.39 is 11.9 Å². The van der Waals surface area contributed by atoms with Gasteiger partial charge in [-0.1, -0.05) is 32.9 Å². The molecule has 0 radical (unpaired) electrons. The topological polar surface area (TPSA) is 70.2 Å². The smallest absolute Gasteiger partial charge is 0.321 e. The molecule has 0 fully saturated rings. The molecule has 1 rings (SSSR count). The summed E-state index contributed by atoms with van der Waals surface area (Å²) in [5, 5.41) is 8.07. The van der Waals surface area contributed by atoms with Gasteiger partial charge in [0.05, 0.1) is 6.54 Å². The summed E-state index contributed by atoms with van der Waals surface area (Å²) in [5.41, 5.74) is 0.901. The Bertz CT molecular complexity index is 517. The molecule has 1 aromatic rings. The predicted molar refractivity (Wildman–Crippen MR) is 88.4 cm³/mol. The van der Waals surface area contributed by atoms with Crippen LogP contribution in [0.25, 0.3) is 0 Å². The van der Waals surface area contributed by atoms with E-state index in [0.29, 0.717) is 0 Å². The van der Waals surface area contributed by atoms with E-state index in [2.05, 4.69) is 16.0 Å². The molecule has 2 atom stereocenters. The lowest BCUT2D eigenvalue weighted by Gasteiger charge is -2.23. The molecule has 0 saturated heterocycles. The van der Waals surface area contributed by atoms with E-state index >= 15 is 0 Å². The van der Waals surface area contributed by atoms with Crippen molar-refractivity contribution >= 4 is 11.9 Å². The highest BCUT2D eigenvalue weighted by Crippen LogP contribution is 2.21. The van der Waals surface area contributed by atoms with Gasteiger partial charge in [0.25, 0.3) is 0 Å². The minimum Gasteiger partial charge on any atom is -0.335 e.